The molecule has 3 nitrogen and oxygen atoms in total. The summed E-state index contributed by atoms with van der Waals surface area (Å²) in [5, 5.41) is 5.71. The Morgan fingerprint density at radius 2 is 2.33 bits per heavy atom. The molecule has 2 aromatic heterocycles. The molecule has 0 saturated heterocycles. The maximum atomic E-state index is 5.94. The Balaban J connectivity index is 2.07. The van der Waals surface area contributed by atoms with E-state index >= 15 is 0 Å². The monoisotopic (exact) mass is 239 g/mol. The fourth-order valence-corrected chi connectivity index (χ4v) is 1.92. The van der Waals surface area contributed by atoms with Gasteiger partial charge in [0.2, 0.25) is 0 Å². The first kappa shape index (κ1) is 10.4. The molecule has 0 atom stereocenters. The first-order chi connectivity index (χ1) is 7.25. The van der Waals surface area contributed by atoms with E-state index in [1.807, 2.05) is 23.9 Å². The highest BCUT2D eigenvalue weighted by Gasteiger charge is 2.02. The number of thiazole rings is 1. The first-order valence-corrected chi connectivity index (χ1v) is 5.81. The number of pyridine rings is 1. The zero-order valence-corrected chi connectivity index (χ0v) is 9.77. The lowest BCUT2D eigenvalue weighted by molar-refractivity contribution is 1.07. The summed E-state index contributed by atoms with van der Waals surface area (Å²) in [6.07, 6.45) is 1.75. The number of halogens is 1. The van der Waals surface area contributed by atoms with E-state index in [2.05, 4.69) is 15.3 Å². The largest absolute Gasteiger partial charge is 0.377 e. The molecule has 2 rings (SSSR count). The second-order valence-corrected chi connectivity index (χ2v) is 4.26. The van der Waals surface area contributed by atoms with E-state index in [-0.39, 0.29) is 0 Å². The van der Waals surface area contributed by atoms with E-state index < -0.39 is 0 Å². The lowest BCUT2D eigenvalue weighted by Crippen LogP contribution is -2.01. The lowest BCUT2D eigenvalue weighted by Gasteiger charge is -2.06. The predicted octanol–water partition coefficient (Wildman–Crippen LogP) is 3.11. The quantitative estimate of drug-likeness (QED) is 0.837. The van der Waals surface area contributed by atoms with Gasteiger partial charge >= 0.3 is 0 Å². The number of nitrogens with zero attached hydrogens (tertiary/aromatic N) is 2. The molecule has 0 saturated carbocycles. The average molecular weight is 240 g/mol. The van der Waals surface area contributed by atoms with Crippen molar-refractivity contribution in [3.8, 4) is 0 Å². The van der Waals surface area contributed by atoms with Crippen molar-refractivity contribution in [3.63, 3.8) is 0 Å². The van der Waals surface area contributed by atoms with Gasteiger partial charge in [-0.05, 0) is 18.6 Å². The van der Waals surface area contributed by atoms with Crippen LogP contribution >= 0.6 is 22.9 Å². The highest BCUT2D eigenvalue weighted by Crippen LogP contribution is 2.20. The second-order valence-electron chi connectivity index (χ2n) is 3.18. The lowest BCUT2D eigenvalue weighted by atomic mass is 10.3. The Morgan fingerprint density at radius 3 is 3.07 bits per heavy atom. The summed E-state index contributed by atoms with van der Waals surface area (Å²) in [6, 6.07) is 1.97. The summed E-state index contributed by atoms with van der Waals surface area (Å²) < 4.78 is 0. The molecular weight excluding hydrogens is 230 g/mol. The summed E-state index contributed by atoms with van der Waals surface area (Å²) >= 11 is 7.53. The van der Waals surface area contributed by atoms with Crippen molar-refractivity contribution in [1.82, 2.24) is 9.97 Å². The van der Waals surface area contributed by atoms with Crippen LogP contribution in [0.1, 0.15) is 11.3 Å². The van der Waals surface area contributed by atoms with E-state index in [0.29, 0.717) is 11.7 Å². The smallest absolute Gasteiger partial charge is 0.152 e. The molecule has 0 aromatic carbocycles. The molecule has 0 aliphatic rings. The van der Waals surface area contributed by atoms with Crippen LogP contribution in [0.5, 0.6) is 0 Å². The van der Waals surface area contributed by atoms with Crippen LogP contribution < -0.4 is 5.32 Å². The van der Waals surface area contributed by atoms with Crippen LogP contribution in [0.25, 0.3) is 0 Å². The van der Waals surface area contributed by atoms with Gasteiger partial charge in [0.05, 0.1) is 23.4 Å². The number of anilines is 1. The van der Waals surface area contributed by atoms with Gasteiger partial charge in [0.1, 0.15) is 0 Å². The Hall–Kier alpha value is -1.13. The normalized spacial score (nSPS) is 10.3. The Bertz CT molecular complexity index is 442. The van der Waals surface area contributed by atoms with Crippen molar-refractivity contribution in [1.29, 1.82) is 0 Å². The molecule has 0 aliphatic heterocycles. The van der Waals surface area contributed by atoms with Crippen LogP contribution in [0.3, 0.4) is 0 Å². The fraction of sp³-hybridized carbons (Fsp3) is 0.200. The predicted molar refractivity (Wildman–Crippen MR) is 63.4 cm³/mol. The van der Waals surface area contributed by atoms with Crippen LogP contribution in [0.15, 0.2) is 23.2 Å². The molecule has 2 aromatic rings. The van der Waals surface area contributed by atoms with Crippen molar-refractivity contribution >= 4 is 28.6 Å². The molecule has 78 valence electrons. The molecule has 0 radical (unpaired) electrons. The molecule has 0 unspecified atom stereocenters. The standard InChI is InChI=1S/C10H10ClN3S/c1-7-2-9(10(11)13-3-7)12-4-8-5-15-6-14-8/h2-3,5-6,12H,4H2,1H3. The minimum atomic E-state index is 0.496. The van der Waals surface area contributed by atoms with Gasteiger partial charge in [-0.2, -0.15) is 0 Å². The number of rotatable bonds is 3. The maximum Gasteiger partial charge on any atom is 0.152 e. The average Bonchev–Trinajstić information content (AvgIpc) is 2.72. The van der Waals surface area contributed by atoms with E-state index in [1.165, 1.54) is 0 Å². The van der Waals surface area contributed by atoms with Crippen LogP contribution in [-0.2, 0) is 6.54 Å². The second kappa shape index (κ2) is 4.59. The van der Waals surface area contributed by atoms with Crippen LogP contribution in [0, 0.1) is 6.92 Å². The van der Waals surface area contributed by atoms with Crippen molar-refractivity contribution in [2.24, 2.45) is 0 Å². The minimum Gasteiger partial charge on any atom is -0.377 e. The van der Waals surface area contributed by atoms with Gasteiger partial charge in [-0.3, -0.25) is 0 Å². The van der Waals surface area contributed by atoms with Gasteiger partial charge in [-0.25, -0.2) is 9.97 Å². The first-order valence-electron chi connectivity index (χ1n) is 4.49. The zero-order chi connectivity index (χ0) is 10.7. The van der Waals surface area contributed by atoms with Crippen LogP contribution in [-0.4, -0.2) is 9.97 Å². The maximum absolute atomic E-state index is 5.94. The number of aromatic nitrogens is 2. The van der Waals surface area contributed by atoms with Gasteiger partial charge in [0.15, 0.2) is 5.15 Å². The fourth-order valence-electron chi connectivity index (χ4n) is 1.19. The van der Waals surface area contributed by atoms with Crippen molar-refractivity contribution in [2.45, 2.75) is 13.5 Å². The molecule has 2 heterocycles. The highest BCUT2D eigenvalue weighted by molar-refractivity contribution is 7.07. The topological polar surface area (TPSA) is 37.8 Å². The van der Waals surface area contributed by atoms with Gasteiger partial charge in [0, 0.05) is 11.6 Å². The third-order valence-corrected chi connectivity index (χ3v) is 2.86. The molecule has 5 heteroatoms. The molecule has 0 spiro atoms. The summed E-state index contributed by atoms with van der Waals surface area (Å²) in [5.41, 5.74) is 4.76. The van der Waals surface area contributed by atoms with E-state index in [4.69, 9.17) is 11.6 Å². The van der Waals surface area contributed by atoms with E-state index in [1.54, 1.807) is 17.5 Å². The Morgan fingerprint density at radius 1 is 1.47 bits per heavy atom. The van der Waals surface area contributed by atoms with Crippen molar-refractivity contribution < 1.29 is 0 Å². The number of hydrogen-bond acceptors (Lipinski definition) is 4. The van der Waals surface area contributed by atoms with E-state index in [9.17, 15) is 0 Å². The van der Waals surface area contributed by atoms with Gasteiger partial charge in [-0.1, -0.05) is 11.6 Å². The molecule has 0 fully saturated rings. The highest BCUT2D eigenvalue weighted by atomic mass is 35.5. The molecule has 0 aliphatic carbocycles. The SMILES string of the molecule is Cc1cnc(Cl)c(NCc2cscn2)c1. The zero-order valence-electron chi connectivity index (χ0n) is 8.20. The molecule has 0 amide bonds. The third kappa shape index (κ3) is 2.67. The van der Waals surface area contributed by atoms with Crippen LogP contribution in [0.2, 0.25) is 5.15 Å². The Labute approximate surface area is 97.2 Å². The number of nitrogens with one attached hydrogen (secondary N) is 1. The molecule has 0 bridgehead atoms. The Kier molecular flexibility index (Phi) is 3.18. The summed E-state index contributed by atoms with van der Waals surface area (Å²) in [6.45, 7) is 2.66. The summed E-state index contributed by atoms with van der Waals surface area (Å²) in [4.78, 5) is 8.24. The minimum absolute atomic E-state index is 0.496. The van der Waals surface area contributed by atoms with Gasteiger partial charge in [-0.15, -0.1) is 11.3 Å². The summed E-state index contributed by atoms with van der Waals surface area (Å²) in [7, 11) is 0. The van der Waals surface area contributed by atoms with E-state index in [0.717, 1.165) is 16.9 Å². The molecule has 1 N–H and O–H groups in total. The summed E-state index contributed by atoms with van der Waals surface area (Å²) in [5.74, 6) is 0. The van der Waals surface area contributed by atoms with Crippen molar-refractivity contribution in [2.75, 3.05) is 5.32 Å². The third-order valence-electron chi connectivity index (χ3n) is 1.92. The molecular formula is C10H10ClN3S. The molecule has 15 heavy (non-hydrogen) atoms. The van der Waals surface area contributed by atoms with Gasteiger partial charge in [0.25, 0.3) is 0 Å². The number of hydrogen-bond donors (Lipinski definition) is 1. The van der Waals surface area contributed by atoms with Crippen LogP contribution in [0.4, 0.5) is 5.69 Å². The number of aryl methyl sites for hydroxylation is 1. The van der Waals surface area contributed by atoms with Crippen molar-refractivity contribution in [3.05, 3.63) is 39.6 Å². The van der Waals surface area contributed by atoms with Gasteiger partial charge < -0.3 is 5.32 Å².